The van der Waals surface area contributed by atoms with Crippen molar-refractivity contribution in [1.82, 2.24) is 0 Å². The Morgan fingerprint density at radius 2 is 2.43 bits per heavy atom. The molecular weight excluding hydrogens is 157 g/mol. The van der Waals surface area contributed by atoms with Gasteiger partial charge < -0.3 is 0 Å². The predicted molar refractivity (Wildman–Crippen MR) is 29.2 cm³/mol. The normalized spacial score (nSPS) is 13.6. The van der Waals surface area contributed by atoms with E-state index in [9.17, 15) is 4.79 Å². The topological polar surface area (TPSA) is 43.1 Å². The Morgan fingerprint density at radius 1 is 2.00 bits per heavy atom. The van der Waals surface area contributed by atoms with E-state index in [0.717, 1.165) is 0 Å². The summed E-state index contributed by atoms with van der Waals surface area (Å²) in [5.41, 5.74) is 5.23. The van der Waals surface area contributed by atoms with Gasteiger partial charge in [0.05, 0.1) is 0 Å². The van der Waals surface area contributed by atoms with Gasteiger partial charge in [-0.2, -0.15) is 0 Å². The first-order chi connectivity index (χ1) is 3.18. The fourth-order valence-electron chi connectivity index (χ4n) is 0.117. The summed E-state index contributed by atoms with van der Waals surface area (Å²) in [5.74, 6) is 0.0405. The fraction of sp³-hybridized carbons (Fsp3) is 0.750. The van der Waals surface area contributed by atoms with Crippen LogP contribution in [0.5, 0.6) is 0 Å². The molecule has 0 aliphatic carbocycles. The van der Waals surface area contributed by atoms with Gasteiger partial charge in [0.1, 0.15) is 0 Å². The summed E-state index contributed by atoms with van der Waals surface area (Å²) in [7, 11) is 0. The molecule has 0 bridgehead atoms. The second-order valence-electron chi connectivity index (χ2n) is 1.38. The van der Waals surface area contributed by atoms with Crippen molar-refractivity contribution in [1.29, 1.82) is 0 Å². The van der Waals surface area contributed by atoms with Crippen LogP contribution >= 0.6 is 0 Å². The molecule has 0 aromatic rings. The maximum absolute atomic E-state index is 10.2. The number of carbonyl (C=O) groups is 1. The molecular formula is C4H8NOSe. The van der Waals surface area contributed by atoms with Crippen LogP contribution in [0.3, 0.4) is 0 Å². The Hall–Kier alpha value is 0.149. The molecule has 2 nitrogen and oxygen atoms in total. The molecule has 0 amide bonds. The summed E-state index contributed by atoms with van der Waals surface area (Å²) >= 11 is 2.68. The van der Waals surface area contributed by atoms with Crippen LogP contribution in [0.1, 0.15) is 6.92 Å². The standard InChI is InChI=1S/C4H8NOSe/c1-3(6)4(5)2-7/h4H,2,5H2,1H3. The summed E-state index contributed by atoms with van der Waals surface area (Å²) in [6.07, 6.45) is 0. The summed E-state index contributed by atoms with van der Waals surface area (Å²) < 4.78 is 0. The van der Waals surface area contributed by atoms with Gasteiger partial charge in [-0.3, -0.25) is 0 Å². The van der Waals surface area contributed by atoms with Crippen LogP contribution in [-0.2, 0) is 4.79 Å². The molecule has 7 heavy (non-hydrogen) atoms. The van der Waals surface area contributed by atoms with Gasteiger partial charge in [0.25, 0.3) is 0 Å². The van der Waals surface area contributed by atoms with Crippen molar-refractivity contribution in [3.8, 4) is 0 Å². The van der Waals surface area contributed by atoms with Crippen LogP contribution in [0, 0.1) is 0 Å². The molecule has 0 saturated carbocycles. The Balaban J connectivity index is 3.34. The number of rotatable bonds is 2. The van der Waals surface area contributed by atoms with E-state index < -0.39 is 0 Å². The number of hydrogen-bond donors (Lipinski definition) is 1. The Kier molecular flexibility index (Phi) is 3.26. The molecule has 0 saturated heterocycles. The third kappa shape index (κ3) is 2.80. The number of Topliss-reactive ketones (excluding diaryl/α,β-unsaturated/α-hetero) is 1. The third-order valence-corrected chi connectivity index (χ3v) is 1.46. The van der Waals surface area contributed by atoms with Crippen LogP contribution < -0.4 is 5.73 Å². The third-order valence-electron chi connectivity index (χ3n) is 0.702. The first kappa shape index (κ1) is 7.15. The van der Waals surface area contributed by atoms with E-state index in [1.807, 2.05) is 0 Å². The average molecular weight is 165 g/mol. The summed E-state index contributed by atoms with van der Waals surface area (Å²) in [4.78, 5) is 10.2. The fourth-order valence-corrected chi connectivity index (χ4v) is 0.610. The second kappa shape index (κ2) is 3.19. The van der Waals surface area contributed by atoms with E-state index in [0.29, 0.717) is 5.32 Å². The van der Waals surface area contributed by atoms with Crippen LogP contribution in [0.4, 0.5) is 0 Å². The van der Waals surface area contributed by atoms with E-state index in [-0.39, 0.29) is 11.8 Å². The molecule has 0 aliphatic heterocycles. The zero-order chi connectivity index (χ0) is 5.86. The molecule has 0 aromatic carbocycles. The Morgan fingerprint density at radius 3 is 2.43 bits per heavy atom. The van der Waals surface area contributed by atoms with Gasteiger partial charge in [-0.15, -0.1) is 0 Å². The van der Waals surface area contributed by atoms with Gasteiger partial charge in [0, 0.05) is 0 Å². The van der Waals surface area contributed by atoms with Crippen molar-refractivity contribution in [2.24, 2.45) is 5.73 Å². The molecule has 0 fully saturated rings. The molecule has 0 spiro atoms. The predicted octanol–water partition coefficient (Wildman–Crippen LogP) is -0.511. The molecule has 41 valence electrons. The van der Waals surface area contributed by atoms with Crippen LogP contribution in [-0.4, -0.2) is 27.8 Å². The van der Waals surface area contributed by atoms with Crippen LogP contribution in [0.25, 0.3) is 0 Å². The number of hydrogen-bond acceptors (Lipinski definition) is 2. The molecule has 1 unspecified atom stereocenters. The summed E-state index contributed by atoms with van der Waals surface area (Å²) in [5, 5.41) is 0.620. The van der Waals surface area contributed by atoms with Gasteiger partial charge in [-0.1, -0.05) is 0 Å². The number of nitrogens with two attached hydrogens (primary N) is 1. The van der Waals surface area contributed by atoms with E-state index in [1.165, 1.54) is 6.92 Å². The first-order valence-corrected chi connectivity index (χ1v) is 3.23. The second-order valence-corrected chi connectivity index (χ2v) is 2.08. The summed E-state index contributed by atoms with van der Waals surface area (Å²) in [6, 6.07) is -0.292. The van der Waals surface area contributed by atoms with Gasteiger partial charge in [0.15, 0.2) is 0 Å². The van der Waals surface area contributed by atoms with Crippen molar-refractivity contribution >= 4 is 21.8 Å². The Labute approximate surface area is 51.3 Å². The molecule has 0 aliphatic rings. The molecule has 1 radical (unpaired) electrons. The van der Waals surface area contributed by atoms with E-state index in [1.54, 1.807) is 0 Å². The molecule has 0 heterocycles. The zero-order valence-corrected chi connectivity index (χ0v) is 5.89. The van der Waals surface area contributed by atoms with Crippen LogP contribution in [0.15, 0.2) is 0 Å². The van der Waals surface area contributed by atoms with Crippen molar-refractivity contribution in [2.45, 2.75) is 18.3 Å². The van der Waals surface area contributed by atoms with Crippen LogP contribution in [0.2, 0.25) is 5.32 Å². The average Bonchev–Trinajstić information content (AvgIpc) is 1.65. The minimum atomic E-state index is -0.292. The number of ketones is 1. The quantitative estimate of drug-likeness (QED) is 0.560. The number of carbonyl (C=O) groups excluding carboxylic acids is 1. The van der Waals surface area contributed by atoms with E-state index in [2.05, 4.69) is 16.0 Å². The van der Waals surface area contributed by atoms with E-state index >= 15 is 0 Å². The van der Waals surface area contributed by atoms with Gasteiger partial charge in [-0.25, -0.2) is 0 Å². The first-order valence-electron chi connectivity index (χ1n) is 2.02. The van der Waals surface area contributed by atoms with Crippen molar-refractivity contribution < 1.29 is 4.79 Å². The SMILES string of the molecule is CC(=O)C(N)C[Se]. The molecule has 3 heteroatoms. The monoisotopic (exact) mass is 166 g/mol. The van der Waals surface area contributed by atoms with Crippen molar-refractivity contribution in [3.05, 3.63) is 0 Å². The molecule has 2 N–H and O–H groups in total. The van der Waals surface area contributed by atoms with Gasteiger partial charge in [-0.05, 0) is 0 Å². The molecule has 1 atom stereocenters. The van der Waals surface area contributed by atoms with Crippen molar-refractivity contribution in [3.63, 3.8) is 0 Å². The van der Waals surface area contributed by atoms with Crippen molar-refractivity contribution in [2.75, 3.05) is 0 Å². The summed E-state index contributed by atoms with van der Waals surface area (Å²) in [6.45, 7) is 1.49. The minimum absolute atomic E-state index is 0.0405. The van der Waals surface area contributed by atoms with Gasteiger partial charge in [0.2, 0.25) is 0 Å². The van der Waals surface area contributed by atoms with Gasteiger partial charge >= 0.3 is 50.6 Å². The molecule has 0 aromatic heterocycles. The Bertz CT molecular complexity index is 74.1. The maximum atomic E-state index is 10.2. The zero-order valence-electron chi connectivity index (χ0n) is 4.18. The molecule has 0 rings (SSSR count). The van der Waals surface area contributed by atoms with E-state index in [4.69, 9.17) is 5.73 Å².